The van der Waals surface area contributed by atoms with Crippen LogP contribution in [0.3, 0.4) is 0 Å². The number of hydrogen-bond acceptors (Lipinski definition) is 3. The van der Waals surface area contributed by atoms with E-state index in [2.05, 4.69) is 0 Å². The van der Waals surface area contributed by atoms with Crippen LogP contribution in [-0.2, 0) is 11.2 Å². The zero-order valence-corrected chi connectivity index (χ0v) is 12.5. The van der Waals surface area contributed by atoms with Crippen molar-refractivity contribution < 1.29 is 9.13 Å². The molecule has 1 aromatic carbocycles. The maximum atomic E-state index is 13.2. The molecule has 4 heteroatoms. The Balaban J connectivity index is 1.63. The number of nitrogens with two attached hydrogens (primary N) is 1. The molecular formula is C16H22FNOS. The van der Waals surface area contributed by atoms with E-state index in [-0.39, 0.29) is 17.5 Å². The van der Waals surface area contributed by atoms with Crippen LogP contribution in [0.25, 0.3) is 0 Å². The molecule has 2 aliphatic heterocycles. The highest BCUT2D eigenvalue weighted by molar-refractivity contribution is 7.99. The van der Waals surface area contributed by atoms with Gasteiger partial charge in [0.25, 0.3) is 0 Å². The summed E-state index contributed by atoms with van der Waals surface area (Å²) in [5.41, 5.74) is 7.47. The lowest BCUT2D eigenvalue weighted by Gasteiger charge is -2.40. The highest BCUT2D eigenvalue weighted by atomic mass is 32.2. The third kappa shape index (κ3) is 3.18. The van der Waals surface area contributed by atoms with Crippen molar-refractivity contribution in [3.63, 3.8) is 0 Å². The first-order valence-corrected chi connectivity index (χ1v) is 8.54. The van der Waals surface area contributed by atoms with E-state index in [4.69, 9.17) is 10.5 Å². The van der Waals surface area contributed by atoms with E-state index < -0.39 is 0 Å². The maximum Gasteiger partial charge on any atom is 0.123 e. The fraction of sp³-hybridized carbons (Fsp3) is 0.625. The average molecular weight is 295 g/mol. The van der Waals surface area contributed by atoms with Gasteiger partial charge in [0.05, 0.1) is 5.60 Å². The predicted octanol–water partition coefficient (Wildman–Crippen LogP) is 3.00. The van der Waals surface area contributed by atoms with Crippen molar-refractivity contribution in [3.05, 3.63) is 35.6 Å². The molecule has 0 aliphatic carbocycles. The van der Waals surface area contributed by atoms with Gasteiger partial charge in [-0.25, -0.2) is 4.39 Å². The van der Waals surface area contributed by atoms with E-state index in [0.717, 1.165) is 43.6 Å². The normalized spacial score (nSPS) is 31.6. The third-order valence-electron chi connectivity index (χ3n) is 4.56. The van der Waals surface area contributed by atoms with Crippen molar-refractivity contribution in [1.29, 1.82) is 0 Å². The molecule has 0 saturated carbocycles. The summed E-state index contributed by atoms with van der Waals surface area (Å²) in [6.07, 6.45) is 4.01. The van der Waals surface area contributed by atoms with Crippen LogP contribution in [0.1, 0.15) is 24.8 Å². The zero-order chi connectivity index (χ0) is 14.0. The first-order chi connectivity index (χ1) is 9.67. The molecule has 110 valence electrons. The number of thioether (sulfide) groups is 1. The molecule has 0 aromatic heterocycles. The van der Waals surface area contributed by atoms with Crippen molar-refractivity contribution in [2.45, 2.75) is 37.3 Å². The highest BCUT2D eigenvalue weighted by Gasteiger charge is 2.41. The van der Waals surface area contributed by atoms with Crippen molar-refractivity contribution >= 4 is 11.8 Å². The largest absolute Gasteiger partial charge is 0.374 e. The monoisotopic (exact) mass is 295 g/mol. The molecule has 2 nitrogen and oxygen atoms in total. The van der Waals surface area contributed by atoms with Crippen LogP contribution in [0.2, 0.25) is 0 Å². The summed E-state index contributed by atoms with van der Waals surface area (Å²) in [5.74, 6) is 2.62. The van der Waals surface area contributed by atoms with Crippen molar-refractivity contribution in [2.75, 3.05) is 18.1 Å². The van der Waals surface area contributed by atoms with Gasteiger partial charge in [0.1, 0.15) is 5.82 Å². The lowest BCUT2D eigenvalue weighted by atomic mass is 9.80. The molecule has 0 radical (unpaired) electrons. The fourth-order valence-corrected chi connectivity index (χ4v) is 4.78. The second kappa shape index (κ2) is 6.04. The standard InChI is InChI=1S/C16H22FNOS/c17-14-3-1-2-12(8-14)9-15(18)13-4-6-19-16(10-13)5-7-20-11-16/h1-3,8,13,15H,4-7,9-11,18H2. The first-order valence-electron chi connectivity index (χ1n) is 7.39. The molecule has 0 bridgehead atoms. The molecule has 20 heavy (non-hydrogen) atoms. The first kappa shape index (κ1) is 14.4. The smallest absolute Gasteiger partial charge is 0.123 e. The van der Waals surface area contributed by atoms with E-state index >= 15 is 0 Å². The van der Waals surface area contributed by atoms with Gasteiger partial charge in [0.15, 0.2) is 0 Å². The van der Waals surface area contributed by atoms with Gasteiger partial charge < -0.3 is 10.5 Å². The van der Waals surface area contributed by atoms with Gasteiger partial charge in [0.2, 0.25) is 0 Å². The molecule has 2 aliphatic rings. The molecule has 3 atom stereocenters. The summed E-state index contributed by atoms with van der Waals surface area (Å²) in [7, 11) is 0. The second-order valence-corrected chi connectivity index (χ2v) is 7.19. The molecule has 1 spiro atoms. The molecule has 3 rings (SSSR count). The molecule has 2 heterocycles. The minimum Gasteiger partial charge on any atom is -0.374 e. The fourth-order valence-electron chi connectivity index (χ4n) is 3.40. The van der Waals surface area contributed by atoms with Crippen LogP contribution in [-0.4, -0.2) is 29.8 Å². The average Bonchev–Trinajstić information content (AvgIpc) is 2.87. The Kier molecular flexibility index (Phi) is 4.34. The molecule has 2 fully saturated rings. The Hall–Kier alpha value is -0.580. The molecule has 3 unspecified atom stereocenters. The quantitative estimate of drug-likeness (QED) is 0.931. The molecule has 2 saturated heterocycles. The van der Waals surface area contributed by atoms with Gasteiger partial charge in [0, 0.05) is 18.4 Å². The Bertz CT molecular complexity index is 462. The summed E-state index contributed by atoms with van der Waals surface area (Å²) in [6.45, 7) is 0.822. The Morgan fingerprint density at radius 1 is 1.50 bits per heavy atom. The third-order valence-corrected chi connectivity index (χ3v) is 5.79. The van der Waals surface area contributed by atoms with Crippen LogP contribution in [0, 0.1) is 11.7 Å². The number of benzene rings is 1. The van der Waals surface area contributed by atoms with E-state index in [1.165, 1.54) is 11.8 Å². The van der Waals surface area contributed by atoms with Crippen molar-refractivity contribution in [2.24, 2.45) is 11.7 Å². The van der Waals surface area contributed by atoms with E-state index in [9.17, 15) is 4.39 Å². The van der Waals surface area contributed by atoms with Gasteiger partial charge in [-0.3, -0.25) is 0 Å². The molecule has 2 N–H and O–H groups in total. The van der Waals surface area contributed by atoms with Gasteiger partial charge in [-0.2, -0.15) is 11.8 Å². The number of halogens is 1. The number of hydrogen-bond donors (Lipinski definition) is 1. The lowest BCUT2D eigenvalue weighted by Crippen LogP contribution is -2.46. The zero-order valence-electron chi connectivity index (χ0n) is 11.7. The lowest BCUT2D eigenvalue weighted by molar-refractivity contribution is -0.0831. The minimum absolute atomic E-state index is 0.0765. The molecule has 0 amide bonds. The van der Waals surface area contributed by atoms with E-state index in [1.807, 2.05) is 17.8 Å². The number of rotatable bonds is 3. The Labute approximate surface area is 124 Å². The van der Waals surface area contributed by atoms with E-state index in [0.29, 0.717) is 5.92 Å². The maximum absolute atomic E-state index is 13.2. The van der Waals surface area contributed by atoms with Crippen molar-refractivity contribution in [1.82, 2.24) is 0 Å². The van der Waals surface area contributed by atoms with Crippen LogP contribution in [0.4, 0.5) is 4.39 Å². The SMILES string of the molecule is NC(Cc1cccc(F)c1)C1CCOC2(CCSC2)C1. The van der Waals surface area contributed by atoms with Gasteiger partial charge in [-0.05, 0) is 55.1 Å². The van der Waals surface area contributed by atoms with Gasteiger partial charge in [-0.1, -0.05) is 12.1 Å². The minimum atomic E-state index is -0.176. The van der Waals surface area contributed by atoms with Crippen LogP contribution < -0.4 is 5.73 Å². The second-order valence-electron chi connectivity index (χ2n) is 6.08. The Morgan fingerprint density at radius 3 is 3.15 bits per heavy atom. The highest BCUT2D eigenvalue weighted by Crippen LogP contribution is 2.41. The predicted molar refractivity (Wildman–Crippen MR) is 81.4 cm³/mol. The van der Waals surface area contributed by atoms with Crippen molar-refractivity contribution in [3.8, 4) is 0 Å². The summed E-state index contributed by atoms with van der Waals surface area (Å²) < 4.78 is 19.3. The van der Waals surface area contributed by atoms with Gasteiger partial charge in [-0.15, -0.1) is 0 Å². The summed E-state index contributed by atoms with van der Waals surface area (Å²) in [5, 5.41) is 0. The number of ether oxygens (including phenoxy) is 1. The summed E-state index contributed by atoms with van der Waals surface area (Å²) in [6, 6.07) is 6.90. The Morgan fingerprint density at radius 2 is 2.40 bits per heavy atom. The topological polar surface area (TPSA) is 35.2 Å². The van der Waals surface area contributed by atoms with Crippen LogP contribution >= 0.6 is 11.8 Å². The van der Waals surface area contributed by atoms with Crippen LogP contribution in [0.5, 0.6) is 0 Å². The van der Waals surface area contributed by atoms with Crippen LogP contribution in [0.15, 0.2) is 24.3 Å². The van der Waals surface area contributed by atoms with E-state index in [1.54, 1.807) is 12.1 Å². The summed E-state index contributed by atoms with van der Waals surface area (Å²) in [4.78, 5) is 0. The van der Waals surface area contributed by atoms with Gasteiger partial charge >= 0.3 is 0 Å². The molecular weight excluding hydrogens is 273 g/mol. The summed E-state index contributed by atoms with van der Waals surface area (Å²) >= 11 is 1.98. The molecule has 1 aromatic rings.